The Kier molecular flexibility index (Phi) is 4.87. The van der Waals surface area contributed by atoms with Crippen molar-refractivity contribution >= 4 is 21.7 Å². The molecule has 0 amide bonds. The van der Waals surface area contributed by atoms with Crippen LogP contribution in [0.3, 0.4) is 0 Å². The third-order valence-corrected chi connectivity index (χ3v) is 3.41. The van der Waals surface area contributed by atoms with Gasteiger partial charge in [-0.05, 0) is 22.9 Å². The molecule has 4 nitrogen and oxygen atoms in total. The van der Waals surface area contributed by atoms with Crippen LogP contribution in [0.5, 0.6) is 0 Å². The monoisotopic (exact) mass is 321 g/mol. The van der Waals surface area contributed by atoms with Gasteiger partial charge in [-0.3, -0.25) is 0 Å². The van der Waals surface area contributed by atoms with Crippen LogP contribution in [0.1, 0.15) is 12.6 Å². The summed E-state index contributed by atoms with van der Waals surface area (Å²) in [5.74, 6) is 1.50. The molecule has 100 valence electrons. The molecule has 0 atom stereocenters. The van der Waals surface area contributed by atoms with Crippen molar-refractivity contribution in [2.45, 2.75) is 13.5 Å². The predicted octanol–water partition coefficient (Wildman–Crippen LogP) is 3.48. The Morgan fingerprint density at radius 3 is 2.58 bits per heavy atom. The summed E-state index contributed by atoms with van der Waals surface area (Å²) in [5.41, 5.74) is 1.83. The Morgan fingerprint density at radius 1 is 1.21 bits per heavy atom. The third-order valence-electron chi connectivity index (χ3n) is 2.58. The summed E-state index contributed by atoms with van der Waals surface area (Å²) in [5, 5.41) is 3.23. The molecule has 2 rings (SSSR count). The molecule has 0 aliphatic carbocycles. The van der Waals surface area contributed by atoms with Gasteiger partial charge in [0.2, 0.25) is 0 Å². The minimum Gasteiger partial charge on any atom is -0.378 e. The number of rotatable bonds is 5. The van der Waals surface area contributed by atoms with E-state index in [9.17, 15) is 0 Å². The lowest BCUT2D eigenvalue weighted by Crippen LogP contribution is -2.06. The Labute approximate surface area is 121 Å². The summed E-state index contributed by atoms with van der Waals surface area (Å²) in [6.45, 7) is 3.28. The van der Waals surface area contributed by atoms with E-state index in [4.69, 9.17) is 4.74 Å². The van der Waals surface area contributed by atoms with Crippen LogP contribution in [0, 0.1) is 0 Å². The topological polar surface area (TPSA) is 47.0 Å². The molecular weight excluding hydrogens is 306 g/mol. The minimum absolute atomic E-state index is 0.446. The summed E-state index contributed by atoms with van der Waals surface area (Å²) < 4.78 is 6.04. The summed E-state index contributed by atoms with van der Waals surface area (Å²) >= 11 is 3.52. The maximum Gasteiger partial charge on any atom is 0.161 e. The number of hydrogen-bond acceptors (Lipinski definition) is 4. The second kappa shape index (κ2) is 6.63. The first-order valence-electron chi connectivity index (χ1n) is 6.11. The zero-order valence-electron chi connectivity index (χ0n) is 11.0. The molecule has 0 saturated carbocycles. The van der Waals surface area contributed by atoms with Gasteiger partial charge < -0.3 is 10.1 Å². The van der Waals surface area contributed by atoms with E-state index >= 15 is 0 Å². The summed E-state index contributed by atoms with van der Waals surface area (Å²) in [6, 6.07) is 9.92. The highest BCUT2D eigenvalue weighted by Crippen LogP contribution is 2.27. The lowest BCUT2D eigenvalue weighted by Gasteiger charge is -2.11. The van der Waals surface area contributed by atoms with Gasteiger partial charge in [0.25, 0.3) is 0 Å². The number of methoxy groups -OCH3 is 1. The average molecular weight is 322 g/mol. The molecule has 0 saturated heterocycles. The van der Waals surface area contributed by atoms with Gasteiger partial charge in [-0.25, -0.2) is 9.97 Å². The highest BCUT2D eigenvalue weighted by atomic mass is 79.9. The van der Waals surface area contributed by atoms with E-state index in [1.54, 1.807) is 7.11 Å². The SMILES string of the molecule is CCNc1nc(-c2ccccc2)nc(COC)c1Br. The lowest BCUT2D eigenvalue weighted by atomic mass is 10.2. The molecule has 5 heteroatoms. The molecule has 0 unspecified atom stereocenters. The van der Waals surface area contributed by atoms with Crippen molar-refractivity contribution in [3.63, 3.8) is 0 Å². The highest BCUT2D eigenvalue weighted by Gasteiger charge is 2.12. The van der Waals surface area contributed by atoms with Gasteiger partial charge in [-0.2, -0.15) is 0 Å². The van der Waals surface area contributed by atoms with Gasteiger partial charge in [0.05, 0.1) is 16.8 Å². The Morgan fingerprint density at radius 2 is 1.95 bits per heavy atom. The molecule has 1 heterocycles. The molecule has 1 N–H and O–H groups in total. The number of nitrogens with zero attached hydrogens (tertiary/aromatic N) is 2. The van der Waals surface area contributed by atoms with Crippen LogP contribution in [-0.4, -0.2) is 23.6 Å². The van der Waals surface area contributed by atoms with Crippen molar-refractivity contribution in [2.75, 3.05) is 19.0 Å². The van der Waals surface area contributed by atoms with Gasteiger partial charge in [0, 0.05) is 19.2 Å². The molecule has 1 aromatic heterocycles. The van der Waals surface area contributed by atoms with E-state index in [0.717, 1.165) is 28.1 Å². The van der Waals surface area contributed by atoms with Crippen molar-refractivity contribution < 1.29 is 4.74 Å². The van der Waals surface area contributed by atoms with Crippen molar-refractivity contribution in [3.8, 4) is 11.4 Å². The zero-order valence-corrected chi connectivity index (χ0v) is 12.6. The number of halogens is 1. The molecule has 0 radical (unpaired) electrons. The second-order valence-electron chi connectivity index (χ2n) is 3.99. The molecule has 1 aromatic carbocycles. The fourth-order valence-corrected chi connectivity index (χ4v) is 2.16. The fourth-order valence-electron chi connectivity index (χ4n) is 1.73. The van der Waals surface area contributed by atoms with Crippen molar-refractivity contribution in [1.82, 2.24) is 9.97 Å². The molecular formula is C14H16BrN3O. The quantitative estimate of drug-likeness (QED) is 0.915. The molecule has 0 aliphatic heterocycles. The average Bonchev–Trinajstić information content (AvgIpc) is 2.44. The normalized spacial score (nSPS) is 10.5. The molecule has 0 bridgehead atoms. The van der Waals surface area contributed by atoms with E-state index in [1.165, 1.54) is 0 Å². The largest absolute Gasteiger partial charge is 0.378 e. The number of aromatic nitrogens is 2. The lowest BCUT2D eigenvalue weighted by molar-refractivity contribution is 0.181. The first-order chi connectivity index (χ1) is 9.26. The van der Waals surface area contributed by atoms with Crippen LogP contribution in [0.2, 0.25) is 0 Å². The van der Waals surface area contributed by atoms with Crippen LogP contribution >= 0.6 is 15.9 Å². The fraction of sp³-hybridized carbons (Fsp3) is 0.286. The molecule has 19 heavy (non-hydrogen) atoms. The smallest absolute Gasteiger partial charge is 0.161 e. The molecule has 0 fully saturated rings. The molecule has 0 spiro atoms. The standard InChI is InChI=1S/C14H16BrN3O/c1-3-16-14-12(15)11(9-19-2)17-13(18-14)10-7-5-4-6-8-10/h4-8H,3,9H2,1-2H3,(H,16,17,18). The van der Waals surface area contributed by atoms with Crippen LogP contribution in [0.25, 0.3) is 11.4 Å². The highest BCUT2D eigenvalue weighted by molar-refractivity contribution is 9.10. The summed E-state index contributed by atoms with van der Waals surface area (Å²) in [7, 11) is 1.66. The molecule has 0 aliphatic rings. The number of hydrogen-bond donors (Lipinski definition) is 1. The van der Waals surface area contributed by atoms with Gasteiger partial charge >= 0.3 is 0 Å². The maximum atomic E-state index is 5.18. The molecule has 2 aromatic rings. The van der Waals surface area contributed by atoms with E-state index in [1.807, 2.05) is 37.3 Å². The van der Waals surface area contributed by atoms with E-state index in [0.29, 0.717) is 12.4 Å². The van der Waals surface area contributed by atoms with Crippen molar-refractivity contribution in [2.24, 2.45) is 0 Å². The first-order valence-corrected chi connectivity index (χ1v) is 6.90. The number of nitrogens with one attached hydrogen (secondary N) is 1. The van der Waals surface area contributed by atoms with Gasteiger partial charge in [-0.15, -0.1) is 0 Å². The third kappa shape index (κ3) is 3.30. The zero-order chi connectivity index (χ0) is 13.7. The van der Waals surface area contributed by atoms with Crippen LogP contribution in [0.4, 0.5) is 5.82 Å². The van der Waals surface area contributed by atoms with Gasteiger partial charge in [-0.1, -0.05) is 30.3 Å². The first kappa shape index (κ1) is 14.0. The van der Waals surface area contributed by atoms with Crippen molar-refractivity contribution in [1.29, 1.82) is 0 Å². The van der Waals surface area contributed by atoms with Crippen LogP contribution in [-0.2, 0) is 11.3 Å². The van der Waals surface area contributed by atoms with Gasteiger partial charge in [0.1, 0.15) is 5.82 Å². The van der Waals surface area contributed by atoms with E-state index in [-0.39, 0.29) is 0 Å². The van der Waals surface area contributed by atoms with E-state index < -0.39 is 0 Å². The number of ether oxygens (including phenoxy) is 1. The second-order valence-corrected chi connectivity index (χ2v) is 4.78. The summed E-state index contributed by atoms with van der Waals surface area (Å²) in [4.78, 5) is 9.10. The number of benzene rings is 1. The Balaban J connectivity index is 2.49. The van der Waals surface area contributed by atoms with E-state index in [2.05, 4.69) is 31.2 Å². The minimum atomic E-state index is 0.446. The maximum absolute atomic E-state index is 5.18. The Bertz CT molecular complexity index is 519. The van der Waals surface area contributed by atoms with Crippen molar-refractivity contribution in [3.05, 3.63) is 40.5 Å². The van der Waals surface area contributed by atoms with Crippen LogP contribution in [0.15, 0.2) is 34.8 Å². The Hall–Kier alpha value is -1.46. The summed E-state index contributed by atoms with van der Waals surface area (Å²) in [6.07, 6.45) is 0. The van der Waals surface area contributed by atoms with Crippen LogP contribution < -0.4 is 5.32 Å². The predicted molar refractivity (Wildman–Crippen MR) is 80.0 cm³/mol. The number of anilines is 1. The van der Waals surface area contributed by atoms with Gasteiger partial charge in [0.15, 0.2) is 5.82 Å².